The first kappa shape index (κ1) is 13.7. The minimum Gasteiger partial charge on any atom is -0.462 e. The lowest BCUT2D eigenvalue weighted by atomic mass is 10.1. The van der Waals surface area contributed by atoms with Gasteiger partial charge in [-0.05, 0) is 44.7 Å². The molecule has 1 saturated carbocycles. The van der Waals surface area contributed by atoms with Crippen LogP contribution in [-0.4, -0.2) is 25.7 Å². The Labute approximate surface area is 114 Å². The molecule has 4 nitrogen and oxygen atoms in total. The SMILES string of the molecule is CCOC(=O)c1cccc(N(CC)CC2CC2)c1N. The lowest BCUT2D eigenvalue weighted by Gasteiger charge is -2.25. The van der Waals surface area contributed by atoms with E-state index in [1.54, 1.807) is 13.0 Å². The van der Waals surface area contributed by atoms with Crippen LogP contribution in [0.1, 0.15) is 37.0 Å². The molecule has 0 unspecified atom stereocenters. The Bertz CT molecular complexity index is 455. The summed E-state index contributed by atoms with van der Waals surface area (Å²) in [6, 6.07) is 5.57. The number of carbonyl (C=O) groups excluding carboxylic acids is 1. The summed E-state index contributed by atoms with van der Waals surface area (Å²) in [6.07, 6.45) is 2.60. The molecule has 0 aromatic heterocycles. The van der Waals surface area contributed by atoms with E-state index in [9.17, 15) is 4.79 Å². The molecule has 0 atom stereocenters. The average Bonchev–Trinajstić information content (AvgIpc) is 3.21. The lowest BCUT2D eigenvalue weighted by Crippen LogP contribution is -2.26. The molecule has 19 heavy (non-hydrogen) atoms. The van der Waals surface area contributed by atoms with Crippen LogP contribution in [0.2, 0.25) is 0 Å². The van der Waals surface area contributed by atoms with Gasteiger partial charge in [-0.2, -0.15) is 0 Å². The summed E-state index contributed by atoms with van der Waals surface area (Å²) >= 11 is 0. The third kappa shape index (κ3) is 3.19. The van der Waals surface area contributed by atoms with E-state index in [-0.39, 0.29) is 5.97 Å². The fourth-order valence-electron chi connectivity index (χ4n) is 2.23. The molecular formula is C15H22N2O2. The summed E-state index contributed by atoms with van der Waals surface area (Å²) in [5.74, 6) is 0.440. The Morgan fingerprint density at radius 2 is 2.16 bits per heavy atom. The molecule has 0 spiro atoms. The van der Waals surface area contributed by atoms with Gasteiger partial charge in [-0.3, -0.25) is 0 Å². The molecule has 0 radical (unpaired) electrons. The van der Waals surface area contributed by atoms with Crippen LogP contribution in [0.15, 0.2) is 18.2 Å². The van der Waals surface area contributed by atoms with Gasteiger partial charge in [0.2, 0.25) is 0 Å². The molecule has 1 aromatic rings. The molecule has 1 fully saturated rings. The zero-order valence-corrected chi connectivity index (χ0v) is 11.7. The topological polar surface area (TPSA) is 55.6 Å². The number of hydrogen-bond donors (Lipinski definition) is 1. The molecule has 104 valence electrons. The normalized spacial score (nSPS) is 14.2. The Morgan fingerprint density at radius 3 is 2.74 bits per heavy atom. The smallest absolute Gasteiger partial charge is 0.340 e. The first-order valence-electron chi connectivity index (χ1n) is 6.97. The summed E-state index contributed by atoms with van der Waals surface area (Å²) < 4.78 is 5.03. The monoisotopic (exact) mass is 262 g/mol. The van der Waals surface area contributed by atoms with Gasteiger partial charge in [0, 0.05) is 13.1 Å². The van der Waals surface area contributed by atoms with E-state index < -0.39 is 0 Å². The van der Waals surface area contributed by atoms with Crippen LogP contribution in [0.5, 0.6) is 0 Å². The maximum Gasteiger partial charge on any atom is 0.340 e. The molecule has 0 amide bonds. The second-order valence-electron chi connectivity index (χ2n) is 4.94. The predicted molar refractivity (Wildman–Crippen MR) is 77.4 cm³/mol. The number of nitrogen functional groups attached to an aromatic ring is 1. The number of nitrogens with two attached hydrogens (primary N) is 1. The van der Waals surface area contributed by atoms with Crippen LogP contribution < -0.4 is 10.6 Å². The van der Waals surface area contributed by atoms with Gasteiger partial charge in [0.1, 0.15) is 0 Å². The van der Waals surface area contributed by atoms with Gasteiger partial charge < -0.3 is 15.4 Å². The average molecular weight is 262 g/mol. The predicted octanol–water partition coefficient (Wildman–Crippen LogP) is 2.68. The van der Waals surface area contributed by atoms with Crippen LogP contribution in [0, 0.1) is 5.92 Å². The van der Waals surface area contributed by atoms with Crippen molar-refractivity contribution in [1.82, 2.24) is 0 Å². The highest BCUT2D eigenvalue weighted by Crippen LogP contribution is 2.34. The van der Waals surface area contributed by atoms with Crippen LogP contribution in [0.4, 0.5) is 11.4 Å². The standard InChI is InChI=1S/C15H22N2O2/c1-3-17(10-11-8-9-11)13-7-5-6-12(14(13)16)15(18)19-4-2/h5-7,11H,3-4,8-10,16H2,1-2H3. The number of para-hydroxylation sites is 1. The van der Waals surface area contributed by atoms with Gasteiger partial charge in [0.25, 0.3) is 0 Å². The second kappa shape index (κ2) is 5.95. The minimum absolute atomic E-state index is 0.343. The Kier molecular flexibility index (Phi) is 4.30. The number of hydrogen-bond acceptors (Lipinski definition) is 4. The maximum atomic E-state index is 11.8. The van der Waals surface area contributed by atoms with Gasteiger partial charge >= 0.3 is 5.97 Å². The van der Waals surface area contributed by atoms with Crippen molar-refractivity contribution in [3.8, 4) is 0 Å². The van der Waals surface area contributed by atoms with Gasteiger partial charge in [-0.15, -0.1) is 0 Å². The fourth-order valence-corrected chi connectivity index (χ4v) is 2.23. The Hall–Kier alpha value is -1.71. The van der Waals surface area contributed by atoms with Gasteiger partial charge in [-0.25, -0.2) is 4.79 Å². The van der Waals surface area contributed by atoms with Crippen LogP contribution >= 0.6 is 0 Å². The lowest BCUT2D eigenvalue weighted by molar-refractivity contribution is 0.0527. The Balaban J connectivity index is 2.24. The summed E-state index contributed by atoms with van der Waals surface area (Å²) in [6.45, 7) is 6.18. The number of nitrogens with zero attached hydrogens (tertiary/aromatic N) is 1. The number of rotatable bonds is 6. The highest BCUT2D eigenvalue weighted by atomic mass is 16.5. The van der Waals surface area contributed by atoms with Gasteiger partial charge in [-0.1, -0.05) is 6.07 Å². The van der Waals surface area contributed by atoms with Crippen molar-refractivity contribution in [2.75, 3.05) is 30.3 Å². The summed E-state index contributed by atoms with van der Waals surface area (Å²) in [4.78, 5) is 14.1. The van der Waals surface area contributed by atoms with E-state index in [0.717, 1.165) is 24.7 Å². The summed E-state index contributed by atoms with van der Waals surface area (Å²) in [7, 11) is 0. The fraction of sp³-hybridized carbons (Fsp3) is 0.533. The summed E-state index contributed by atoms with van der Waals surface area (Å²) in [5, 5.41) is 0. The van der Waals surface area contributed by atoms with E-state index in [2.05, 4.69) is 11.8 Å². The van der Waals surface area contributed by atoms with E-state index in [1.165, 1.54) is 12.8 Å². The van der Waals surface area contributed by atoms with Crippen LogP contribution in [0.3, 0.4) is 0 Å². The van der Waals surface area contributed by atoms with E-state index in [1.807, 2.05) is 12.1 Å². The van der Waals surface area contributed by atoms with Crippen molar-refractivity contribution in [1.29, 1.82) is 0 Å². The molecule has 1 aliphatic carbocycles. The van der Waals surface area contributed by atoms with Crippen molar-refractivity contribution in [2.24, 2.45) is 5.92 Å². The molecule has 1 aromatic carbocycles. The van der Waals surface area contributed by atoms with Crippen LogP contribution in [0.25, 0.3) is 0 Å². The highest BCUT2D eigenvalue weighted by molar-refractivity contribution is 5.98. The largest absolute Gasteiger partial charge is 0.462 e. The molecule has 0 heterocycles. The van der Waals surface area contributed by atoms with E-state index >= 15 is 0 Å². The number of benzene rings is 1. The van der Waals surface area contributed by atoms with Crippen molar-refractivity contribution in [3.05, 3.63) is 23.8 Å². The zero-order valence-electron chi connectivity index (χ0n) is 11.7. The number of anilines is 2. The van der Waals surface area contributed by atoms with E-state index in [4.69, 9.17) is 10.5 Å². The molecule has 0 aliphatic heterocycles. The first-order valence-corrected chi connectivity index (χ1v) is 6.97. The maximum absolute atomic E-state index is 11.8. The zero-order chi connectivity index (χ0) is 13.8. The second-order valence-corrected chi connectivity index (χ2v) is 4.94. The number of ether oxygens (including phenoxy) is 1. The van der Waals surface area contributed by atoms with Crippen molar-refractivity contribution in [2.45, 2.75) is 26.7 Å². The van der Waals surface area contributed by atoms with Gasteiger partial charge in [0.15, 0.2) is 0 Å². The molecule has 2 rings (SSSR count). The van der Waals surface area contributed by atoms with E-state index in [0.29, 0.717) is 17.9 Å². The molecular weight excluding hydrogens is 240 g/mol. The van der Waals surface area contributed by atoms with Crippen LogP contribution in [-0.2, 0) is 4.74 Å². The number of carbonyl (C=O) groups is 1. The minimum atomic E-state index is -0.343. The van der Waals surface area contributed by atoms with Crippen molar-refractivity contribution < 1.29 is 9.53 Å². The van der Waals surface area contributed by atoms with Gasteiger partial charge in [0.05, 0.1) is 23.5 Å². The third-order valence-corrected chi connectivity index (χ3v) is 3.48. The quantitative estimate of drug-likeness (QED) is 0.632. The molecule has 2 N–H and O–H groups in total. The molecule has 4 heteroatoms. The molecule has 0 bridgehead atoms. The number of esters is 1. The highest BCUT2D eigenvalue weighted by Gasteiger charge is 2.25. The van der Waals surface area contributed by atoms with Crippen molar-refractivity contribution in [3.63, 3.8) is 0 Å². The third-order valence-electron chi connectivity index (χ3n) is 3.48. The molecule has 0 saturated heterocycles. The molecule has 1 aliphatic rings. The summed E-state index contributed by atoms with van der Waals surface area (Å²) in [5.41, 5.74) is 8.09. The Morgan fingerprint density at radius 1 is 1.42 bits per heavy atom. The van der Waals surface area contributed by atoms with Crippen molar-refractivity contribution >= 4 is 17.3 Å². The first-order chi connectivity index (χ1) is 9.17.